The van der Waals surface area contributed by atoms with Crippen LogP contribution in [0.2, 0.25) is 0 Å². The summed E-state index contributed by atoms with van der Waals surface area (Å²) >= 11 is 0. The molecule has 0 bridgehead atoms. The molecule has 1 atom stereocenters. The zero-order valence-electron chi connectivity index (χ0n) is 14.8. The number of carbonyl (C=O) groups excluding carboxylic acids is 3. The second-order valence-corrected chi connectivity index (χ2v) is 7.41. The fraction of sp³-hybridized carbons (Fsp3) is 0.550. The molecule has 1 saturated heterocycles. The second kappa shape index (κ2) is 7.19. The van der Waals surface area contributed by atoms with E-state index in [9.17, 15) is 14.4 Å². The lowest BCUT2D eigenvalue weighted by Crippen LogP contribution is -2.44. The van der Waals surface area contributed by atoms with Crippen molar-refractivity contribution in [3.05, 3.63) is 35.4 Å². The highest BCUT2D eigenvalue weighted by atomic mass is 16.5. The van der Waals surface area contributed by atoms with Gasteiger partial charge in [-0.1, -0.05) is 12.1 Å². The SMILES string of the molecule is O=C(NC[C@@H]1CCCO1)C1CCC(N2C(=O)c3ccccc3C2=O)CC1. The van der Waals surface area contributed by atoms with Crippen LogP contribution in [0.5, 0.6) is 0 Å². The number of carbonyl (C=O) groups is 3. The molecular formula is C20H24N2O4. The lowest BCUT2D eigenvalue weighted by molar-refractivity contribution is -0.126. The van der Waals surface area contributed by atoms with Crippen molar-refractivity contribution in [2.75, 3.05) is 13.2 Å². The van der Waals surface area contributed by atoms with E-state index in [0.29, 0.717) is 43.4 Å². The Morgan fingerprint density at radius 2 is 1.69 bits per heavy atom. The second-order valence-electron chi connectivity index (χ2n) is 7.41. The number of imide groups is 1. The fourth-order valence-electron chi connectivity index (χ4n) is 4.30. The fourth-order valence-corrected chi connectivity index (χ4v) is 4.30. The monoisotopic (exact) mass is 356 g/mol. The van der Waals surface area contributed by atoms with Crippen LogP contribution in [0, 0.1) is 5.92 Å². The van der Waals surface area contributed by atoms with Crippen molar-refractivity contribution < 1.29 is 19.1 Å². The van der Waals surface area contributed by atoms with Crippen molar-refractivity contribution >= 4 is 17.7 Å². The van der Waals surface area contributed by atoms with E-state index < -0.39 is 0 Å². The molecule has 1 aliphatic carbocycles. The molecule has 0 radical (unpaired) electrons. The molecule has 138 valence electrons. The molecule has 2 heterocycles. The van der Waals surface area contributed by atoms with Crippen molar-refractivity contribution in [2.45, 2.75) is 50.7 Å². The normalized spacial score (nSPS) is 28.3. The van der Waals surface area contributed by atoms with Gasteiger partial charge in [-0.05, 0) is 50.7 Å². The van der Waals surface area contributed by atoms with Gasteiger partial charge in [-0.15, -0.1) is 0 Å². The molecule has 6 nitrogen and oxygen atoms in total. The molecule has 1 N–H and O–H groups in total. The summed E-state index contributed by atoms with van der Waals surface area (Å²) in [6.45, 7) is 1.36. The molecule has 1 aromatic carbocycles. The number of hydrogen-bond acceptors (Lipinski definition) is 4. The van der Waals surface area contributed by atoms with Gasteiger partial charge >= 0.3 is 0 Å². The molecule has 3 aliphatic rings. The Balaban J connectivity index is 1.32. The maximum atomic E-state index is 12.6. The Morgan fingerprint density at radius 1 is 1.04 bits per heavy atom. The first kappa shape index (κ1) is 17.2. The first-order chi connectivity index (χ1) is 12.6. The van der Waals surface area contributed by atoms with Crippen LogP contribution in [0.1, 0.15) is 59.2 Å². The minimum absolute atomic E-state index is 0.0390. The van der Waals surface area contributed by atoms with E-state index in [2.05, 4.69) is 5.32 Å². The Morgan fingerprint density at radius 3 is 2.27 bits per heavy atom. The molecule has 0 aromatic heterocycles. The van der Waals surface area contributed by atoms with Gasteiger partial charge in [0.1, 0.15) is 0 Å². The Kier molecular flexibility index (Phi) is 4.76. The Hall–Kier alpha value is -2.21. The van der Waals surface area contributed by atoms with E-state index in [0.717, 1.165) is 19.4 Å². The third kappa shape index (κ3) is 3.14. The number of rotatable bonds is 4. The van der Waals surface area contributed by atoms with Crippen molar-refractivity contribution in [1.82, 2.24) is 10.2 Å². The highest BCUT2D eigenvalue weighted by molar-refractivity contribution is 6.21. The van der Waals surface area contributed by atoms with E-state index in [-0.39, 0.29) is 35.8 Å². The molecule has 0 spiro atoms. The predicted octanol–water partition coefficient (Wildman–Crippen LogP) is 2.14. The zero-order valence-corrected chi connectivity index (χ0v) is 14.8. The molecule has 26 heavy (non-hydrogen) atoms. The van der Waals surface area contributed by atoms with Crippen LogP contribution in [-0.2, 0) is 9.53 Å². The van der Waals surface area contributed by atoms with Crippen LogP contribution in [-0.4, -0.2) is 47.9 Å². The number of nitrogens with one attached hydrogen (secondary N) is 1. The first-order valence-corrected chi connectivity index (χ1v) is 9.51. The summed E-state index contributed by atoms with van der Waals surface area (Å²) in [6.07, 6.45) is 4.99. The van der Waals surface area contributed by atoms with Gasteiger partial charge in [0, 0.05) is 25.1 Å². The van der Waals surface area contributed by atoms with Gasteiger partial charge in [0.2, 0.25) is 5.91 Å². The van der Waals surface area contributed by atoms with Crippen molar-refractivity contribution in [3.63, 3.8) is 0 Å². The van der Waals surface area contributed by atoms with Gasteiger partial charge in [-0.25, -0.2) is 0 Å². The van der Waals surface area contributed by atoms with Gasteiger partial charge in [0.05, 0.1) is 17.2 Å². The van der Waals surface area contributed by atoms with Crippen LogP contribution in [0.3, 0.4) is 0 Å². The number of benzene rings is 1. The highest BCUT2D eigenvalue weighted by Crippen LogP contribution is 2.33. The van der Waals surface area contributed by atoms with E-state index in [4.69, 9.17) is 4.74 Å². The summed E-state index contributed by atoms with van der Waals surface area (Å²) in [6, 6.07) is 6.87. The van der Waals surface area contributed by atoms with Crippen LogP contribution in [0.4, 0.5) is 0 Å². The quantitative estimate of drug-likeness (QED) is 0.839. The van der Waals surface area contributed by atoms with E-state index in [1.54, 1.807) is 24.3 Å². The molecular weight excluding hydrogens is 332 g/mol. The van der Waals surface area contributed by atoms with Gasteiger partial charge in [-0.2, -0.15) is 0 Å². The predicted molar refractivity (Wildman–Crippen MR) is 94.7 cm³/mol. The third-order valence-electron chi connectivity index (χ3n) is 5.79. The number of nitrogens with zero attached hydrogens (tertiary/aromatic N) is 1. The number of fused-ring (bicyclic) bond motifs is 1. The van der Waals surface area contributed by atoms with Crippen molar-refractivity contribution in [2.24, 2.45) is 5.92 Å². The van der Waals surface area contributed by atoms with Crippen LogP contribution < -0.4 is 5.32 Å². The van der Waals surface area contributed by atoms with Gasteiger partial charge in [-0.3, -0.25) is 19.3 Å². The summed E-state index contributed by atoms with van der Waals surface area (Å²) in [5, 5.41) is 3.00. The van der Waals surface area contributed by atoms with Crippen LogP contribution >= 0.6 is 0 Å². The molecule has 0 unspecified atom stereocenters. The van der Waals surface area contributed by atoms with E-state index in [1.807, 2.05) is 0 Å². The largest absolute Gasteiger partial charge is 0.376 e. The minimum Gasteiger partial charge on any atom is -0.376 e. The Labute approximate surface area is 152 Å². The van der Waals surface area contributed by atoms with Crippen LogP contribution in [0.25, 0.3) is 0 Å². The van der Waals surface area contributed by atoms with Crippen molar-refractivity contribution in [1.29, 1.82) is 0 Å². The van der Waals surface area contributed by atoms with E-state index in [1.165, 1.54) is 4.90 Å². The first-order valence-electron chi connectivity index (χ1n) is 9.51. The van der Waals surface area contributed by atoms with Gasteiger partial charge in [0.25, 0.3) is 11.8 Å². The summed E-state index contributed by atoms with van der Waals surface area (Å²) in [4.78, 5) is 39.0. The van der Waals surface area contributed by atoms with Crippen LogP contribution in [0.15, 0.2) is 24.3 Å². The van der Waals surface area contributed by atoms with Crippen molar-refractivity contribution in [3.8, 4) is 0 Å². The number of hydrogen-bond donors (Lipinski definition) is 1. The van der Waals surface area contributed by atoms with E-state index >= 15 is 0 Å². The van der Waals surface area contributed by atoms with Gasteiger partial charge < -0.3 is 10.1 Å². The number of amides is 3. The average molecular weight is 356 g/mol. The molecule has 3 amide bonds. The maximum Gasteiger partial charge on any atom is 0.261 e. The lowest BCUT2D eigenvalue weighted by atomic mass is 9.84. The topological polar surface area (TPSA) is 75.7 Å². The number of ether oxygens (including phenoxy) is 1. The average Bonchev–Trinajstić information content (AvgIpc) is 3.28. The third-order valence-corrected chi connectivity index (χ3v) is 5.79. The molecule has 6 heteroatoms. The summed E-state index contributed by atoms with van der Waals surface area (Å²) in [5.41, 5.74) is 0.989. The summed E-state index contributed by atoms with van der Waals surface area (Å²) in [5.74, 6) is -0.363. The molecule has 4 rings (SSSR count). The maximum absolute atomic E-state index is 12.6. The summed E-state index contributed by atoms with van der Waals surface area (Å²) in [7, 11) is 0. The molecule has 2 fully saturated rings. The summed E-state index contributed by atoms with van der Waals surface area (Å²) < 4.78 is 5.53. The Bertz CT molecular complexity index is 683. The van der Waals surface area contributed by atoms with Gasteiger partial charge in [0.15, 0.2) is 0 Å². The molecule has 1 aromatic rings. The highest BCUT2D eigenvalue weighted by Gasteiger charge is 2.41. The lowest BCUT2D eigenvalue weighted by Gasteiger charge is -2.33. The zero-order chi connectivity index (χ0) is 18.1. The smallest absolute Gasteiger partial charge is 0.261 e. The minimum atomic E-state index is -0.197. The standard InChI is InChI=1S/C20H24N2O4/c23-18(21-12-15-4-3-11-26-15)13-7-9-14(10-8-13)22-19(24)16-5-1-2-6-17(16)20(22)25/h1-2,5-6,13-15H,3-4,7-12H2,(H,21,23)/t13?,14?,15-/m0/s1. The molecule has 2 aliphatic heterocycles. The molecule has 1 saturated carbocycles.